The van der Waals surface area contributed by atoms with E-state index in [0.717, 1.165) is 6.54 Å². The van der Waals surface area contributed by atoms with E-state index < -0.39 is 0 Å². The lowest BCUT2D eigenvalue weighted by Crippen LogP contribution is -2.60. The molecule has 1 rings (SSSR count). The molecule has 0 aromatic carbocycles. The van der Waals surface area contributed by atoms with Gasteiger partial charge >= 0.3 is 0 Å². The Labute approximate surface area is 108 Å². The topological polar surface area (TPSA) is 15.3 Å². The third kappa shape index (κ3) is 3.45. The summed E-state index contributed by atoms with van der Waals surface area (Å²) >= 11 is 0. The Morgan fingerprint density at radius 1 is 1.29 bits per heavy atom. The number of likely N-dealkylation sites (N-methyl/N-ethyl adjacent to an activating group) is 2. The molecule has 1 aliphatic rings. The van der Waals surface area contributed by atoms with E-state index in [0.29, 0.717) is 23.5 Å². The summed E-state index contributed by atoms with van der Waals surface area (Å²) in [6, 6.07) is 2.01. The minimum absolute atomic E-state index is 0.432. The van der Waals surface area contributed by atoms with Gasteiger partial charge in [0.15, 0.2) is 0 Å². The van der Waals surface area contributed by atoms with Crippen molar-refractivity contribution in [3.63, 3.8) is 0 Å². The van der Waals surface area contributed by atoms with Crippen LogP contribution in [-0.4, -0.2) is 36.1 Å². The molecule has 2 heteroatoms. The highest BCUT2D eigenvalue weighted by Gasteiger charge is 2.41. The standard InChI is InChI=1S/C15H32N2/c1-7-16-14-13(17(8-2)12(3)4)10-9-11-15(14,5)6/h12-14,16H,7-11H2,1-6H3. The van der Waals surface area contributed by atoms with Gasteiger partial charge in [-0.1, -0.05) is 34.1 Å². The van der Waals surface area contributed by atoms with Crippen LogP contribution in [0.4, 0.5) is 0 Å². The number of nitrogens with one attached hydrogen (secondary N) is 1. The summed E-state index contributed by atoms with van der Waals surface area (Å²) in [6.07, 6.45) is 4.09. The number of rotatable bonds is 5. The van der Waals surface area contributed by atoms with Crippen LogP contribution in [0.1, 0.15) is 60.8 Å². The van der Waals surface area contributed by atoms with Gasteiger partial charge in [-0.15, -0.1) is 0 Å². The van der Waals surface area contributed by atoms with Gasteiger partial charge in [-0.2, -0.15) is 0 Å². The second kappa shape index (κ2) is 6.19. The SMILES string of the molecule is CCNC1C(N(CC)C(C)C)CCCC1(C)C. The molecule has 0 saturated heterocycles. The molecule has 1 saturated carbocycles. The highest BCUT2D eigenvalue weighted by atomic mass is 15.2. The van der Waals surface area contributed by atoms with E-state index in [9.17, 15) is 0 Å². The van der Waals surface area contributed by atoms with Crippen molar-refractivity contribution in [3.8, 4) is 0 Å². The normalized spacial score (nSPS) is 28.9. The van der Waals surface area contributed by atoms with Gasteiger partial charge in [0.1, 0.15) is 0 Å². The molecule has 1 aliphatic carbocycles. The molecule has 0 bridgehead atoms. The minimum atomic E-state index is 0.432. The van der Waals surface area contributed by atoms with E-state index in [1.807, 2.05) is 0 Å². The second-order valence-electron chi connectivity index (χ2n) is 6.41. The molecule has 0 radical (unpaired) electrons. The molecule has 2 atom stereocenters. The lowest BCUT2D eigenvalue weighted by Gasteiger charge is -2.49. The summed E-state index contributed by atoms with van der Waals surface area (Å²) in [4.78, 5) is 2.67. The summed E-state index contributed by atoms with van der Waals surface area (Å²) in [6.45, 7) is 16.3. The largest absolute Gasteiger partial charge is 0.312 e. The number of hydrogen-bond acceptors (Lipinski definition) is 2. The monoisotopic (exact) mass is 240 g/mol. The fourth-order valence-electron chi connectivity index (χ4n) is 3.58. The van der Waals surface area contributed by atoms with Gasteiger partial charge in [-0.25, -0.2) is 0 Å². The first-order valence-corrected chi connectivity index (χ1v) is 7.43. The smallest absolute Gasteiger partial charge is 0.0274 e. The van der Waals surface area contributed by atoms with Gasteiger partial charge in [0.05, 0.1) is 0 Å². The molecule has 0 spiro atoms. The zero-order chi connectivity index (χ0) is 13.1. The fourth-order valence-corrected chi connectivity index (χ4v) is 3.58. The quantitative estimate of drug-likeness (QED) is 0.793. The predicted molar refractivity (Wildman–Crippen MR) is 76.4 cm³/mol. The van der Waals surface area contributed by atoms with E-state index in [2.05, 4.69) is 51.8 Å². The van der Waals surface area contributed by atoms with Gasteiger partial charge in [0, 0.05) is 18.1 Å². The lowest BCUT2D eigenvalue weighted by molar-refractivity contribution is 0.0350. The summed E-state index contributed by atoms with van der Waals surface area (Å²) in [7, 11) is 0. The van der Waals surface area contributed by atoms with Gasteiger partial charge in [0.2, 0.25) is 0 Å². The molecule has 2 unspecified atom stereocenters. The van der Waals surface area contributed by atoms with E-state index in [1.165, 1.54) is 25.8 Å². The van der Waals surface area contributed by atoms with Crippen LogP contribution in [0.25, 0.3) is 0 Å². The summed E-state index contributed by atoms with van der Waals surface area (Å²) in [5.74, 6) is 0. The first-order chi connectivity index (χ1) is 7.94. The first-order valence-electron chi connectivity index (χ1n) is 7.43. The Bertz CT molecular complexity index is 223. The van der Waals surface area contributed by atoms with Crippen molar-refractivity contribution < 1.29 is 0 Å². The van der Waals surface area contributed by atoms with Crippen LogP contribution in [0.2, 0.25) is 0 Å². The zero-order valence-electron chi connectivity index (χ0n) is 12.7. The molecule has 0 amide bonds. The van der Waals surface area contributed by atoms with Crippen LogP contribution < -0.4 is 5.32 Å². The molecule has 102 valence electrons. The van der Waals surface area contributed by atoms with Crippen molar-refractivity contribution in [3.05, 3.63) is 0 Å². The van der Waals surface area contributed by atoms with Crippen molar-refractivity contribution in [2.45, 2.75) is 78.9 Å². The van der Waals surface area contributed by atoms with Crippen molar-refractivity contribution in [1.82, 2.24) is 10.2 Å². The minimum Gasteiger partial charge on any atom is -0.312 e. The van der Waals surface area contributed by atoms with Crippen molar-refractivity contribution in [2.24, 2.45) is 5.41 Å². The molecular weight excluding hydrogens is 208 g/mol. The molecule has 0 heterocycles. The molecular formula is C15H32N2. The van der Waals surface area contributed by atoms with E-state index >= 15 is 0 Å². The van der Waals surface area contributed by atoms with Gasteiger partial charge in [-0.05, 0) is 45.2 Å². The van der Waals surface area contributed by atoms with Crippen LogP contribution in [0, 0.1) is 5.41 Å². The fraction of sp³-hybridized carbons (Fsp3) is 1.00. The molecule has 0 aromatic heterocycles. The van der Waals surface area contributed by atoms with Crippen LogP contribution >= 0.6 is 0 Å². The van der Waals surface area contributed by atoms with Crippen LogP contribution in [0.15, 0.2) is 0 Å². The maximum Gasteiger partial charge on any atom is 0.0274 e. The average molecular weight is 240 g/mol. The van der Waals surface area contributed by atoms with E-state index in [-0.39, 0.29) is 0 Å². The summed E-state index contributed by atoms with van der Waals surface area (Å²) in [5.41, 5.74) is 0.432. The number of nitrogens with zero attached hydrogens (tertiary/aromatic N) is 1. The van der Waals surface area contributed by atoms with Crippen molar-refractivity contribution >= 4 is 0 Å². The Morgan fingerprint density at radius 3 is 2.41 bits per heavy atom. The second-order valence-corrected chi connectivity index (χ2v) is 6.41. The van der Waals surface area contributed by atoms with Crippen molar-refractivity contribution in [2.75, 3.05) is 13.1 Å². The van der Waals surface area contributed by atoms with Gasteiger partial charge in [0.25, 0.3) is 0 Å². The third-order valence-electron chi connectivity index (χ3n) is 4.43. The molecule has 0 aliphatic heterocycles. The Hall–Kier alpha value is -0.0800. The predicted octanol–water partition coefficient (Wildman–Crippen LogP) is 3.27. The maximum absolute atomic E-state index is 3.75. The molecule has 0 aromatic rings. The van der Waals surface area contributed by atoms with Crippen LogP contribution in [-0.2, 0) is 0 Å². The lowest BCUT2D eigenvalue weighted by atomic mass is 9.70. The van der Waals surface area contributed by atoms with Crippen LogP contribution in [0.5, 0.6) is 0 Å². The van der Waals surface area contributed by atoms with Gasteiger partial charge < -0.3 is 5.32 Å². The van der Waals surface area contributed by atoms with Crippen LogP contribution in [0.3, 0.4) is 0 Å². The first kappa shape index (κ1) is 15.0. The molecule has 17 heavy (non-hydrogen) atoms. The Kier molecular flexibility index (Phi) is 5.46. The van der Waals surface area contributed by atoms with E-state index in [4.69, 9.17) is 0 Å². The van der Waals surface area contributed by atoms with Gasteiger partial charge in [-0.3, -0.25) is 4.90 Å². The Morgan fingerprint density at radius 2 is 1.94 bits per heavy atom. The summed E-state index contributed by atoms with van der Waals surface area (Å²) < 4.78 is 0. The Balaban J connectivity index is 2.86. The number of hydrogen-bond donors (Lipinski definition) is 1. The third-order valence-corrected chi connectivity index (χ3v) is 4.43. The molecule has 1 N–H and O–H groups in total. The molecule has 2 nitrogen and oxygen atoms in total. The van der Waals surface area contributed by atoms with E-state index in [1.54, 1.807) is 0 Å². The summed E-state index contributed by atoms with van der Waals surface area (Å²) in [5, 5.41) is 3.75. The van der Waals surface area contributed by atoms with Crippen molar-refractivity contribution in [1.29, 1.82) is 0 Å². The highest BCUT2D eigenvalue weighted by molar-refractivity contribution is 4.98. The highest BCUT2D eigenvalue weighted by Crippen LogP contribution is 2.38. The zero-order valence-corrected chi connectivity index (χ0v) is 12.7. The maximum atomic E-state index is 3.75. The molecule has 1 fully saturated rings. The average Bonchev–Trinajstić information content (AvgIpc) is 2.23.